The summed E-state index contributed by atoms with van der Waals surface area (Å²) in [5.74, 6) is 0.911. The fourth-order valence-electron chi connectivity index (χ4n) is 3.95. The molecule has 2 heterocycles. The molecule has 6 aromatic rings. The van der Waals surface area contributed by atoms with Crippen LogP contribution in [-0.2, 0) is 0 Å². The molecule has 0 saturated heterocycles. The van der Waals surface area contributed by atoms with Crippen molar-refractivity contribution in [3.63, 3.8) is 0 Å². The first kappa shape index (κ1) is 33.7. The molecule has 1 N–H and O–H groups in total. The van der Waals surface area contributed by atoms with Gasteiger partial charge < -0.3 is 4.74 Å². The molecule has 0 aliphatic carbocycles. The minimum Gasteiger partial charge on any atom is -0.497 e. The second kappa shape index (κ2) is 16.3. The molecule has 0 saturated carbocycles. The lowest BCUT2D eigenvalue weighted by molar-refractivity contribution is 0.414. The second-order valence-electron chi connectivity index (χ2n) is 9.47. The van der Waals surface area contributed by atoms with Gasteiger partial charge >= 0.3 is 11.4 Å². The van der Waals surface area contributed by atoms with Gasteiger partial charge in [0.15, 0.2) is 0 Å². The summed E-state index contributed by atoms with van der Waals surface area (Å²) in [5, 5.41) is 17.2. The van der Waals surface area contributed by atoms with Gasteiger partial charge in [-0.15, -0.1) is 0 Å². The Bertz CT molecular complexity index is 1900. The number of hydrogen-bond acceptors (Lipinski definition) is 7. The largest absolute Gasteiger partial charge is 0.497 e. The van der Waals surface area contributed by atoms with Crippen LogP contribution >= 0.6 is 47.8 Å². The normalized spacial score (nSPS) is 11.8. The average molecular weight is 801 g/mol. The zero-order valence-corrected chi connectivity index (χ0v) is 29.2. The molecule has 11 nitrogen and oxygen atoms in total. The third-order valence-electron chi connectivity index (χ3n) is 6.42. The Kier molecular flexibility index (Phi) is 12.2. The number of alkyl halides is 1. The van der Waals surface area contributed by atoms with Gasteiger partial charge in [-0.25, -0.2) is 14.7 Å². The van der Waals surface area contributed by atoms with Crippen molar-refractivity contribution >= 4 is 47.8 Å². The van der Waals surface area contributed by atoms with Gasteiger partial charge in [0, 0.05) is 13.8 Å². The number of benzene rings is 4. The Morgan fingerprint density at radius 1 is 0.711 bits per heavy atom. The van der Waals surface area contributed by atoms with E-state index in [0.717, 1.165) is 20.3 Å². The number of nitrogens with zero attached hydrogens (tertiary/aromatic N) is 7. The predicted molar refractivity (Wildman–Crippen MR) is 184 cm³/mol. The highest BCUT2D eigenvalue weighted by molar-refractivity contribution is 9.10. The van der Waals surface area contributed by atoms with E-state index in [9.17, 15) is 9.59 Å². The van der Waals surface area contributed by atoms with Crippen molar-refractivity contribution in [1.29, 1.82) is 0 Å². The molecule has 232 valence electrons. The van der Waals surface area contributed by atoms with Crippen LogP contribution in [0.15, 0.2) is 122 Å². The number of nitrogens with one attached hydrogen (secondary N) is 1. The van der Waals surface area contributed by atoms with Crippen LogP contribution in [0, 0.1) is 0 Å². The number of rotatable bonds is 6. The van der Waals surface area contributed by atoms with Gasteiger partial charge in [-0.2, -0.15) is 14.0 Å². The van der Waals surface area contributed by atoms with Gasteiger partial charge in [0.2, 0.25) is 0 Å². The summed E-state index contributed by atoms with van der Waals surface area (Å²) in [6.07, 6.45) is 0. The fourth-order valence-corrected chi connectivity index (χ4v) is 4.77. The van der Waals surface area contributed by atoms with E-state index in [-0.39, 0.29) is 17.4 Å². The molecule has 2 aromatic heterocycles. The molecule has 2 atom stereocenters. The lowest BCUT2D eigenvalue weighted by atomic mass is 10.1. The van der Waals surface area contributed by atoms with E-state index >= 15 is 0 Å². The van der Waals surface area contributed by atoms with Crippen LogP contribution < -0.4 is 16.1 Å². The van der Waals surface area contributed by atoms with Crippen molar-refractivity contribution in [1.82, 2.24) is 40.0 Å². The highest BCUT2D eigenvalue weighted by Crippen LogP contribution is 2.24. The van der Waals surface area contributed by atoms with E-state index in [1.807, 2.05) is 91.9 Å². The molecular weight excluding hydrogens is 772 g/mol. The van der Waals surface area contributed by atoms with Gasteiger partial charge in [-0.05, 0) is 106 Å². The lowest BCUT2D eigenvalue weighted by Gasteiger charge is -2.09. The molecule has 0 amide bonds. The smallest absolute Gasteiger partial charge is 0.369 e. The van der Waals surface area contributed by atoms with E-state index in [1.54, 1.807) is 19.2 Å². The van der Waals surface area contributed by atoms with Gasteiger partial charge in [-0.3, -0.25) is 0 Å². The standard InChI is InChI=1S/C15H13BrN4O.C9H11BrO.C7H5BrN4O/c1-11(12-5-3-2-4-6-12)19-15(21)20(18-17-19)14-9-7-13(16)8-10-14;1-7(10)8-4-3-5-9(6-8)11-2;8-5-1-3-6(4-2-5)12-7(13)9-10-11-12/h2-11H,1H3;3-7H,1-2H3;1-4H,(H,9,11,13). The fraction of sp³-hybridized carbons (Fsp3) is 0.161. The zero-order chi connectivity index (χ0) is 32.3. The molecule has 6 rings (SSSR count). The zero-order valence-electron chi connectivity index (χ0n) is 24.5. The molecule has 0 fully saturated rings. The first-order chi connectivity index (χ1) is 21.7. The molecule has 45 heavy (non-hydrogen) atoms. The maximum absolute atomic E-state index is 12.5. The molecule has 4 aromatic carbocycles. The molecule has 14 heteroatoms. The summed E-state index contributed by atoms with van der Waals surface area (Å²) < 4.78 is 10.9. The maximum Gasteiger partial charge on any atom is 0.369 e. The third-order valence-corrected chi connectivity index (χ3v) is 8.01. The third kappa shape index (κ3) is 9.19. The molecule has 2 unspecified atom stereocenters. The Balaban J connectivity index is 0.000000165. The van der Waals surface area contributed by atoms with Crippen LogP contribution in [0.1, 0.15) is 35.8 Å². The van der Waals surface area contributed by atoms with Crippen LogP contribution in [0.4, 0.5) is 0 Å². The number of halogens is 3. The van der Waals surface area contributed by atoms with Gasteiger partial charge in [-0.1, -0.05) is 90.3 Å². The van der Waals surface area contributed by atoms with E-state index in [4.69, 9.17) is 4.74 Å². The van der Waals surface area contributed by atoms with Crippen LogP contribution in [0.3, 0.4) is 0 Å². The number of methoxy groups -OCH3 is 1. The molecule has 0 radical (unpaired) electrons. The van der Waals surface area contributed by atoms with E-state index in [2.05, 4.69) is 86.7 Å². The number of ether oxygens (including phenoxy) is 1. The van der Waals surface area contributed by atoms with Crippen molar-refractivity contribution in [2.45, 2.75) is 24.7 Å². The van der Waals surface area contributed by atoms with Crippen molar-refractivity contribution in [2.24, 2.45) is 0 Å². The predicted octanol–water partition coefficient (Wildman–Crippen LogP) is 6.67. The van der Waals surface area contributed by atoms with E-state index in [1.165, 1.54) is 19.6 Å². The summed E-state index contributed by atoms with van der Waals surface area (Å²) in [4.78, 5) is 23.9. The Morgan fingerprint density at radius 3 is 1.82 bits per heavy atom. The summed E-state index contributed by atoms with van der Waals surface area (Å²) >= 11 is 10.2. The summed E-state index contributed by atoms with van der Waals surface area (Å²) in [6, 6.07) is 32.2. The lowest BCUT2D eigenvalue weighted by Crippen LogP contribution is -2.27. The second-order valence-corrected chi connectivity index (χ2v) is 12.7. The van der Waals surface area contributed by atoms with Crippen molar-refractivity contribution in [2.75, 3.05) is 7.11 Å². The topological polar surface area (TPSA) is 126 Å². The highest BCUT2D eigenvalue weighted by atomic mass is 79.9. The summed E-state index contributed by atoms with van der Waals surface area (Å²) in [6.45, 7) is 4.02. The van der Waals surface area contributed by atoms with Crippen LogP contribution in [-0.4, -0.2) is 47.1 Å². The summed E-state index contributed by atoms with van der Waals surface area (Å²) in [5.41, 5.74) is 3.03. The molecule has 0 spiro atoms. The average Bonchev–Trinajstić information content (AvgIpc) is 3.67. The van der Waals surface area contributed by atoms with Crippen LogP contribution in [0.25, 0.3) is 11.4 Å². The number of hydrogen-bond donors (Lipinski definition) is 1. The number of aromatic amines is 1. The first-order valence-corrected chi connectivity index (χ1v) is 16.1. The van der Waals surface area contributed by atoms with E-state index < -0.39 is 0 Å². The van der Waals surface area contributed by atoms with Crippen molar-refractivity contribution in [3.05, 3.63) is 144 Å². The van der Waals surface area contributed by atoms with E-state index in [0.29, 0.717) is 16.2 Å². The Hall–Kier alpha value is -4.14. The Labute approximate surface area is 284 Å². The summed E-state index contributed by atoms with van der Waals surface area (Å²) in [7, 11) is 1.68. The quantitative estimate of drug-likeness (QED) is 0.187. The maximum atomic E-state index is 12.5. The van der Waals surface area contributed by atoms with Crippen molar-refractivity contribution in [3.8, 4) is 17.1 Å². The minimum absolute atomic E-state index is 0.164. The van der Waals surface area contributed by atoms with Gasteiger partial charge in [0.25, 0.3) is 0 Å². The van der Waals surface area contributed by atoms with Gasteiger partial charge in [0.05, 0.1) is 24.5 Å². The highest BCUT2D eigenvalue weighted by Gasteiger charge is 2.15. The minimum atomic E-state index is -0.345. The Morgan fingerprint density at radius 2 is 1.29 bits per heavy atom. The number of tetrazole rings is 2. The molecular formula is C31H29Br3N8O3. The number of aromatic nitrogens is 8. The SMILES string of the molecule is CC(c1ccccc1)n1nnn(-c2ccc(Br)cc2)c1=O.COc1cccc(C(C)Br)c1.O=c1[nH]nnn1-c1ccc(Br)cc1. The van der Waals surface area contributed by atoms with Crippen LogP contribution in [0.5, 0.6) is 5.75 Å². The first-order valence-electron chi connectivity index (χ1n) is 13.6. The number of H-pyrrole nitrogens is 1. The monoisotopic (exact) mass is 798 g/mol. The van der Waals surface area contributed by atoms with Crippen LogP contribution in [0.2, 0.25) is 0 Å². The van der Waals surface area contributed by atoms with Gasteiger partial charge in [0.1, 0.15) is 5.75 Å². The molecule has 0 bridgehead atoms. The molecule has 0 aliphatic heterocycles. The van der Waals surface area contributed by atoms with Crippen molar-refractivity contribution < 1.29 is 4.74 Å². The molecule has 0 aliphatic rings.